The Morgan fingerprint density at radius 3 is 2.48 bits per heavy atom. The average molecular weight is 467 g/mol. The molecular weight excluding hydrogens is 429 g/mol. The van der Waals surface area contributed by atoms with Gasteiger partial charge in [0.2, 0.25) is 0 Å². The lowest BCUT2D eigenvalue weighted by Gasteiger charge is -2.34. The van der Waals surface area contributed by atoms with E-state index in [9.17, 15) is 0 Å². The highest BCUT2D eigenvalue weighted by Gasteiger charge is 2.24. The summed E-state index contributed by atoms with van der Waals surface area (Å²) in [6, 6.07) is 0. The molecule has 0 aromatic heterocycles. The van der Waals surface area contributed by atoms with Crippen molar-refractivity contribution in [3.63, 3.8) is 0 Å². The van der Waals surface area contributed by atoms with Crippen LogP contribution >= 0.6 is 24.0 Å². The zero-order valence-electron chi connectivity index (χ0n) is 16.3. The molecule has 0 radical (unpaired) electrons. The zero-order valence-corrected chi connectivity index (χ0v) is 18.7. The second kappa shape index (κ2) is 13.1. The van der Waals surface area contributed by atoms with Crippen LogP contribution in [0.2, 0.25) is 0 Å². The Balaban J connectivity index is 0.00000312. The van der Waals surface area contributed by atoms with Gasteiger partial charge in [-0.05, 0) is 38.5 Å². The van der Waals surface area contributed by atoms with E-state index in [0.717, 1.165) is 64.6 Å². The van der Waals surface area contributed by atoms with E-state index < -0.39 is 0 Å². The number of hydrogen-bond donors (Lipinski definition) is 1. The predicted molar refractivity (Wildman–Crippen MR) is 115 cm³/mol. The molecule has 2 aliphatic heterocycles. The first kappa shape index (κ1) is 23.0. The third-order valence-electron chi connectivity index (χ3n) is 5.27. The molecule has 0 bridgehead atoms. The maximum Gasteiger partial charge on any atom is 0.193 e. The van der Waals surface area contributed by atoms with Crippen LogP contribution in [0.3, 0.4) is 0 Å². The highest BCUT2D eigenvalue weighted by molar-refractivity contribution is 14.0. The first-order valence-corrected chi connectivity index (χ1v) is 10.0. The molecule has 25 heavy (non-hydrogen) atoms. The molecule has 2 saturated heterocycles. The molecule has 1 unspecified atom stereocenters. The van der Waals surface area contributed by atoms with E-state index in [1.165, 1.54) is 19.3 Å². The van der Waals surface area contributed by atoms with Gasteiger partial charge in [-0.2, -0.15) is 0 Å². The summed E-state index contributed by atoms with van der Waals surface area (Å²) >= 11 is 0. The molecule has 0 aromatic rings. The molecular formula is C19H38IN3O2. The SMILES string of the molecule is CCNC(=NCC(CC)CC)N1CCC(OCC2CCCO2)CC1.I. The van der Waals surface area contributed by atoms with Crippen molar-refractivity contribution in [3.05, 3.63) is 0 Å². The fourth-order valence-corrected chi connectivity index (χ4v) is 3.44. The van der Waals surface area contributed by atoms with Crippen LogP contribution in [0.15, 0.2) is 4.99 Å². The molecule has 0 spiro atoms. The normalized spacial score (nSPS) is 22.3. The molecule has 0 saturated carbocycles. The van der Waals surface area contributed by atoms with Crippen molar-refractivity contribution in [2.24, 2.45) is 10.9 Å². The van der Waals surface area contributed by atoms with Crippen LogP contribution in [0.25, 0.3) is 0 Å². The fourth-order valence-electron chi connectivity index (χ4n) is 3.44. The van der Waals surface area contributed by atoms with Gasteiger partial charge in [-0.25, -0.2) is 0 Å². The quantitative estimate of drug-likeness (QED) is 0.336. The van der Waals surface area contributed by atoms with Gasteiger partial charge in [0.05, 0.1) is 18.8 Å². The minimum Gasteiger partial charge on any atom is -0.376 e. The summed E-state index contributed by atoms with van der Waals surface area (Å²) in [6.45, 7) is 12.3. The van der Waals surface area contributed by atoms with E-state index in [0.29, 0.717) is 18.1 Å². The number of halogens is 1. The number of nitrogens with zero attached hydrogens (tertiary/aromatic N) is 2. The van der Waals surface area contributed by atoms with Crippen LogP contribution < -0.4 is 5.32 Å². The van der Waals surface area contributed by atoms with E-state index in [1.54, 1.807) is 0 Å². The minimum absolute atomic E-state index is 0. The van der Waals surface area contributed by atoms with Crippen LogP contribution in [0.4, 0.5) is 0 Å². The summed E-state index contributed by atoms with van der Waals surface area (Å²) in [6.07, 6.45) is 7.65. The molecule has 2 aliphatic rings. The third kappa shape index (κ3) is 7.99. The highest BCUT2D eigenvalue weighted by Crippen LogP contribution is 2.18. The molecule has 0 aliphatic carbocycles. The zero-order chi connectivity index (χ0) is 17.2. The number of rotatable bonds is 8. The molecule has 5 nitrogen and oxygen atoms in total. The summed E-state index contributed by atoms with van der Waals surface area (Å²) in [4.78, 5) is 7.28. The maximum atomic E-state index is 6.08. The molecule has 0 amide bonds. The Morgan fingerprint density at radius 2 is 1.92 bits per heavy atom. The number of likely N-dealkylation sites (tertiary alicyclic amines) is 1. The summed E-state index contributed by atoms with van der Waals surface area (Å²) in [5.41, 5.74) is 0. The lowest BCUT2D eigenvalue weighted by atomic mass is 10.0. The van der Waals surface area contributed by atoms with Gasteiger partial charge >= 0.3 is 0 Å². The van der Waals surface area contributed by atoms with Gasteiger partial charge in [0.1, 0.15) is 0 Å². The first-order chi connectivity index (χ1) is 11.8. The highest BCUT2D eigenvalue weighted by atomic mass is 127. The number of nitrogens with one attached hydrogen (secondary N) is 1. The van der Waals surface area contributed by atoms with E-state index in [1.807, 2.05) is 0 Å². The molecule has 148 valence electrons. The average Bonchev–Trinajstić information content (AvgIpc) is 3.14. The van der Waals surface area contributed by atoms with E-state index in [4.69, 9.17) is 14.5 Å². The second-order valence-corrected chi connectivity index (χ2v) is 7.03. The summed E-state index contributed by atoms with van der Waals surface area (Å²) in [7, 11) is 0. The molecule has 2 heterocycles. The van der Waals surface area contributed by atoms with Gasteiger partial charge in [0.15, 0.2) is 5.96 Å². The molecule has 1 atom stereocenters. The van der Waals surface area contributed by atoms with Crippen molar-refractivity contribution in [2.75, 3.05) is 39.4 Å². The largest absolute Gasteiger partial charge is 0.376 e. The van der Waals surface area contributed by atoms with Gasteiger partial charge in [0, 0.05) is 32.8 Å². The van der Waals surface area contributed by atoms with Gasteiger partial charge < -0.3 is 19.7 Å². The van der Waals surface area contributed by atoms with Crippen molar-refractivity contribution in [3.8, 4) is 0 Å². The topological polar surface area (TPSA) is 46.1 Å². The van der Waals surface area contributed by atoms with Crippen LogP contribution in [0.1, 0.15) is 59.3 Å². The smallest absolute Gasteiger partial charge is 0.193 e. The van der Waals surface area contributed by atoms with Crippen molar-refractivity contribution in [1.29, 1.82) is 0 Å². The van der Waals surface area contributed by atoms with Gasteiger partial charge in [-0.3, -0.25) is 4.99 Å². The van der Waals surface area contributed by atoms with Crippen molar-refractivity contribution >= 4 is 29.9 Å². The van der Waals surface area contributed by atoms with Gasteiger partial charge in [0.25, 0.3) is 0 Å². The lowest BCUT2D eigenvalue weighted by Crippen LogP contribution is -2.47. The number of aliphatic imine (C=N–C) groups is 1. The summed E-state index contributed by atoms with van der Waals surface area (Å²) < 4.78 is 11.7. The maximum absolute atomic E-state index is 6.08. The molecule has 2 fully saturated rings. The lowest BCUT2D eigenvalue weighted by molar-refractivity contribution is -0.0367. The van der Waals surface area contributed by atoms with Gasteiger partial charge in [-0.15, -0.1) is 24.0 Å². The third-order valence-corrected chi connectivity index (χ3v) is 5.27. The number of piperidine rings is 1. The molecule has 2 rings (SSSR count). The predicted octanol–water partition coefficient (Wildman–Crippen LogP) is 3.67. The summed E-state index contributed by atoms with van der Waals surface area (Å²) in [5.74, 6) is 1.79. The van der Waals surface area contributed by atoms with Crippen LogP contribution in [-0.4, -0.2) is 62.5 Å². The molecule has 0 aromatic carbocycles. The van der Waals surface area contributed by atoms with Gasteiger partial charge in [-0.1, -0.05) is 26.7 Å². The number of hydrogen-bond acceptors (Lipinski definition) is 3. The molecule has 1 N–H and O–H groups in total. The Hall–Kier alpha value is -0.0800. The van der Waals surface area contributed by atoms with E-state index in [-0.39, 0.29) is 24.0 Å². The Kier molecular flexibility index (Phi) is 12.1. The Morgan fingerprint density at radius 1 is 1.20 bits per heavy atom. The van der Waals surface area contributed by atoms with Crippen LogP contribution in [-0.2, 0) is 9.47 Å². The monoisotopic (exact) mass is 467 g/mol. The van der Waals surface area contributed by atoms with E-state index >= 15 is 0 Å². The second-order valence-electron chi connectivity index (χ2n) is 7.03. The standard InChI is InChI=1S/C19H37N3O2.HI/c1-4-16(5-2)14-21-19(20-6-3)22-11-9-17(10-12-22)24-15-18-8-7-13-23-18;/h16-18H,4-15H2,1-3H3,(H,20,21);1H. The van der Waals surface area contributed by atoms with E-state index in [2.05, 4.69) is 31.0 Å². The van der Waals surface area contributed by atoms with Crippen molar-refractivity contribution in [1.82, 2.24) is 10.2 Å². The first-order valence-electron chi connectivity index (χ1n) is 10.0. The number of ether oxygens (including phenoxy) is 2. The summed E-state index contributed by atoms with van der Waals surface area (Å²) in [5, 5.41) is 3.46. The van der Waals surface area contributed by atoms with Crippen LogP contribution in [0.5, 0.6) is 0 Å². The van der Waals surface area contributed by atoms with Crippen molar-refractivity contribution < 1.29 is 9.47 Å². The minimum atomic E-state index is 0. The van der Waals surface area contributed by atoms with Crippen molar-refractivity contribution in [2.45, 2.75) is 71.5 Å². The van der Waals surface area contributed by atoms with Crippen LogP contribution in [0, 0.1) is 5.92 Å². The Bertz CT molecular complexity index is 364. The Labute approximate surface area is 171 Å². The number of guanidine groups is 1. The fraction of sp³-hybridized carbons (Fsp3) is 0.947. The molecule has 6 heteroatoms.